The molecule has 6 rings (SSSR count). The molecule has 12 N–H and O–H groups in total. The number of carbonyl (C=O) groups excluding carboxylic acids is 4. The first-order chi connectivity index (χ1) is 28.7. The van der Waals surface area contributed by atoms with Crippen LogP contribution in [0.25, 0.3) is 12.2 Å². The Kier molecular flexibility index (Phi) is 13.2. The average molecular weight is 824 g/mol. The number of phenols is 1. The molecule has 17 heteroatoms. The number of benzene rings is 4. The molecule has 0 amide bonds. The normalized spacial score (nSPS) is 19.8. The molecule has 0 aromatic heterocycles. The Morgan fingerprint density at radius 2 is 1.65 bits per heavy atom. The number of aliphatic hydroxyl groups excluding tert-OH is 3. The Morgan fingerprint density at radius 1 is 0.917 bits per heavy atom. The highest BCUT2D eigenvalue weighted by Gasteiger charge is 2.46. The van der Waals surface area contributed by atoms with E-state index in [4.69, 9.17) is 41.9 Å². The monoisotopic (exact) mass is 823 g/mol. The number of fused-ring (bicyclic) bond motifs is 2. The van der Waals surface area contributed by atoms with Crippen molar-refractivity contribution in [1.29, 1.82) is 0 Å². The number of carbonyl (C=O) groups is 4. The van der Waals surface area contributed by atoms with Crippen LogP contribution < -0.4 is 32.4 Å². The summed E-state index contributed by atoms with van der Waals surface area (Å²) >= 11 is 0. The molecule has 0 saturated carbocycles. The zero-order chi connectivity index (χ0) is 43.4. The SMILES string of the molecule is CC(=O)Oc1cc(CO)c2c(c1/C=C/c1ccccc1)C(=O)c1cc(O[C@H]3O[C@@H](C)[C@@H](O)[C@@H](O)[C@H]3OCCN=C(N)N)c(Cc3cccc(C(N)N)c3C=O)c(O)c1C2=O. The topological polar surface area (TPSA) is 303 Å². The Labute approximate surface area is 343 Å². The van der Waals surface area contributed by atoms with Gasteiger partial charge < -0.3 is 62.3 Å². The van der Waals surface area contributed by atoms with E-state index in [-0.39, 0.29) is 81.5 Å². The molecule has 0 radical (unpaired) electrons. The van der Waals surface area contributed by atoms with E-state index in [2.05, 4.69) is 4.99 Å². The number of phenolic OH excluding ortho intramolecular Hbond substituents is 1. The van der Waals surface area contributed by atoms with Gasteiger partial charge in [-0.1, -0.05) is 54.6 Å². The van der Waals surface area contributed by atoms with Gasteiger partial charge in [-0.15, -0.1) is 0 Å². The third-order valence-corrected chi connectivity index (χ3v) is 10.2. The molecule has 4 aromatic rings. The van der Waals surface area contributed by atoms with Crippen molar-refractivity contribution < 1.29 is 58.6 Å². The summed E-state index contributed by atoms with van der Waals surface area (Å²) in [4.78, 5) is 58.3. The number of aliphatic hydroxyl groups is 3. The van der Waals surface area contributed by atoms with Crippen LogP contribution in [0.15, 0.2) is 65.7 Å². The highest BCUT2D eigenvalue weighted by molar-refractivity contribution is 6.31. The van der Waals surface area contributed by atoms with Crippen LogP contribution in [-0.2, 0) is 27.3 Å². The molecule has 1 aliphatic carbocycles. The summed E-state index contributed by atoms with van der Waals surface area (Å²) in [6.45, 7) is 1.68. The molecule has 2 aliphatic rings. The second-order valence-corrected chi connectivity index (χ2v) is 14.2. The van der Waals surface area contributed by atoms with Gasteiger partial charge in [-0.05, 0) is 47.4 Å². The Bertz CT molecular complexity index is 2380. The lowest BCUT2D eigenvalue weighted by atomic mass is 9.77. The van der Waals surface area contributed by atoms with E-state index in [1.165, 1.54) is 25.1 Å². The van der Waals surface area contributed by atoms with Gasteiger partial charge in [0, 0.05) is 46.7 Å². The number of rotatable bonds is 14. The first kappa shape index (κ1) is 43.3. The van der Waals surface area contributed by atoms with Gasteiger partial charge in [0.25, 0.3) is 0 Å². The van der Waals surface area contributed by atoms with Crippen molar-refractivity contribution in [3.63, 3.8) is 0 Å². The second kappa shape index (κ2) is 18.3. The molecule has 5 atom stereocenters. The summed E-state index contributed by atoms with van der Waals surface area (Å²) in [6.07, 6.45) is -4.63. The summed E-state index contributed by atoms with van der Waals surface area (Å²) in [6, 6.07) is 16.2. The van der Waals surface area contributed by atoms with Crippen molar-refractivity contribution in [3.05, 3.63) is 122 Å². The molecule has 0 unspecified atom stereocenters. The van der Waals surface area contributed by atoms with Gasteiger partial charge in [0.05, 0.1) is 37.6 Å². The summed E-state index contributed by atoms with van der Waals surface area (Å²) in [5, 5.41) is 44.6. The van der Waals surface area contributed by atoms with E-state index in [1.807, 2.05) is 6.07 Å². The quantitative estimate of drug-likeness (QED) is 0.0115. The fraction of sp³-hybridized carbons (Fsp3) is 0.279. The predicted molar refractivity (Wildman–Crippen MR) is 217 cm³/mol. The first-order valence-corrected chi connectivity index (χ1v) is 18.8. The molecule has 60 heavy (non-hydrogen) atoms. The number of aliphatic imine (C=N–C) groups is 1. The number of aldehydes is 1. The smallest absolute Gasteiger partial charge is 0.308 e. The number of esters is 1. The van der Waals surface area contributed by atoms with Crippen molar-refractivity contribution in [2.24, 2.45) is 27.9 Å². The summed E-state index contributed by atoms with van der Waals surface area (Å²) < 4.78 is 23.7. The molecule has 1 saturated heterocycles. The van der Waals surface area contributed by atoms with Crippen LogP contribution in [0.1, 0.15) is 95.6 Å². The lowest BCUT2D eigenvalue weighted by Crippen LogP contribution is -2.59. The van der Waals surface area contributed by atoms with Crippen LogP contribution in [0.3, 0.4) is 0 Å². The summed E-state index contributed by atoms with van der Waals surface area (Å²) in [7, 11) is 0. The minimum Gasteiger partial charge on any atom is -0.507 e. The first-order valence-electron chi connectivity index (χ1n) is 18.8. The third kappa shape index (κ3) is 8.68. The number of hydrogen-bond donors (Lipinski definition) is 8. The van der Waals surface area contributed by atoms with Crippen molar-refractivity contribution in [2.45, 2.75) is 63.7 Å². The zero-order valence-electron chi connectivity index (χ0n) is 32.6. The number of ether oxygens (including phenoxy) is 4. The van der Waals surface area contributed by atoms with Gasteiger partial charge in [0.2, 0.25) is 6.29 Å². The van der Waals surface area contributed by atoms with Crippen molar-refractivity contribution in [1.82, 2.24) is 0 Å². The van der Waals surface area contributed by atoms with Crippen LogP contribution in [0.5, 0.6) is 17.2 Å². The number of guanidine groups is 1. The Hall–Kier alpha value is -6.31. The summed E-state index contributed by atoms with van der Waals surface area (Å²) in [5.74, 6) is -3.69. The predicted octanol–water partition coefficient (Wildman–Crippen LogP) is 1.58. The van der Waals surface area contributed by atoms with Crippen molar-refractivity contribution in [3.8, 4) is 17.2 Å². The molecule has 1 aliphatic heterocycles. The molecule has 17 nitrogen and oxygen atoms in total. The average Bonchev–Trinajstić information content (AvgIpc) is 3.21. The van der Waals surface area contributed by atoms with E-state index >= 15 is 0 Å². The number of nitrogens with two attached hydrogens (primary N) is 4. The van der Waals surface area contributed by atoms with E-state index in [0.29, 0.717) is 17.4 Å². The van der Waals surface area contributed by atoms with E-state index in [0.717, 1.165) is 6.92 Å². The Balaban J connectivity index is 1.57. The fourth-order valence-electron chi connectivity index (χ4n) is 7.30. The maximum Gasteiger partial charge on any atom is 0.308 e. The highest BCUT2D eigenvalue weighted by atomic mass is 16.7. The number of ketones is 2. The highest BCUT2D eigenvalue weighted by Crippen LogP contribution is 2.45. The molecule has 4 aromatic carbocycles. The van der Waals surface area contributed by atoms with Crippen LogP contribution in [-0.4, -0.2) is 94.1 Å². The van der Waals surface area contributed by atoms with Crippen LogP contribution in [0.4, 0.5) is 0 Å². The number of nitrogens with zero attached hydrogens (tertiary/aromatic N) is 1. The lowest BCUT2D eigenvalue weighted by Gasteiger charge is -2.41. The summed E-state index contributed by atoms with van der Waals surface area (Å²) in [5.41, 5.74) is 22.8. The molecule has 314 valence electrons. The van der Waals surface area contributed by atoms with Gasteiger partial charge in [0.15, 0.2) is 23.8 Å². The molecule has 0 spiro atoms. The molecule has 1 heterocycles. The molecular weight excluding hydrogens is 778 g/mol. The molecular formula is C43H45N5O12. The maximum atomic E-state index is 14.9. The van der Waals surface area contributed by atoms with Crippen LogP contribution >= 0.6 is 0 Å². The lowest BCUT2D eigenvalue weighted by molar-refractivity contribution is -0.278. The van der Waals surface area contributed by atoms with Gasteiger partial charge in [-0.25, -0.2) is 0 Å². The van der Waals surface area contributed by atoms with Gasteiger partial charge in [-0.3, -0.25) is 24.2 Å². The van der Waals surface area contributed by atoms with Crippen molar-refractivity contribution >= 4 is 41.9 Å². The van der Waals surface area contributed by atoms with Crippen LogP contribution in [0.2, 0.25) is 0 Å². The van der Waals surface area contributed by atoms with E-state index < -0.39 is 72.3 Å². The number of aromatic hydroxyl groups is 1. The second-order valence-electron chi connectivity index (χ2n) is 14.2. The minimum absolute atomic E-state index is 0.0366. The minimum atomic E-state index is -1.58. The zero-order valence-corrected chi connectivity index (χ0v) is 32.6. The largest absolute Gasteiger partial charge is 0.507 e. The fourth-order valence-corrected chi connectivity index (χ4v) is 7.30. The van der Waals surface area contributed by atoms with Gasteiger partial charge in [0.1, 0.15) is 35.6 Å². The van der Waals surface area contributed by atoms with Crippen LogP contribution in [0, 0.1) is 0 Å². The standard InChI is InChI=1S/C43H45N5O12/c1-20-35(52)39(56)40(57-14-13-48-43(46)47)42(58-20)60-31-17-28-34(36(53)27(31)15-23-9-6-10-25(41(44)45)29(23)19-50)38(55)32-24(18-49)16-30(59-21(2)51)26(33(32)37(28)54)12-11-22-7-4-3-5-8-22/h3-12,16-17,19-20,35,39-42,49,52-53,56H,13-15,18,44-45H2,1-2H3,(H4,46,47,48)/b12-11+/t20-,35+,39+,40+,42+/m0/s1. The molecule has 0 bridgehead atoms. The van der Waals surface area contributed by atoms with Crippen molar-refractivity contribution in [2.75, 3.05) is 13.2 Å². The maximum absolute atomic E-state index is 14.9. The van der Waals surface area contributed by atoms with E-state index in [9.17, 15) is 39.6 Å². The van der Waals surface area contributed by atoms with Gasteiger partial charge >= 0.3 is 5.97 Å². The third-order valence-electron chi connectivity index (χ3n) is 10.2. The molecule has 1 fully saturated rings. The van der Waals surface area contributed by atoms with Gasteiger partial charge in [-0.2, -0.15) is 0 Å². The number of hydrogen-bond acceptors (Lipinski definition) is 15. The van der Waals surface area contributed by atoms with E-state index in [1.54, 1.807) is 48.5 Å². The Morgan fingerprint density at radius 3 is 2.30 bits per heavy atom.